The normalized spacial score (nSPS) is 15.8. The third-order valence-corrected chi connectivity index (χ3v) is 5.47. The van der Waals surface area contributed by atoms with Gasteiger partial charge in [0, 0.05) is 13.1 Å². The van der Waals surface area contributed by atoms with Gasteiger partial charge in [-0.25, -0.2) is 4.98 Å². The summed E-state index contributed by atoms with van der Waals surface area (Å²) in [5, 5.41) is 0.530. The number of nitrogens with zero attached hydrogens (tertiary/aromatic N) is 2. The van der Waals surface area contributed by atoms with Gasteiger partial charge in [0.1, 0.15) is 5.25 Å². The second-order valence-electron chi connectivity index (χ2n) is 6.00. The molecule has 5 heteroatoms. The molecule has 1 aliphatic heterocycles. The number of amides is 1. The van der Waals surface area contributed by atoms with Crippen LogP contribution in [0.3, 0.4) is 0 Å². The zero-order valence-electron chi connectivity index (χ0n) is 13.3. The quantitative estimate of drug-likeness (QED) is 0.732. The number of carbonyl (C=O) groups excluding carboxylic acids is 1. The molecule has 2 heterocycles. The number of fused-ring (bicyclic) bond motifs is 1. The molecular formula is C19H19N3OS. The van der Waals surface area contributed by atoms with E-state index in [4.69, 9.17) is 0 Å². The molecular weight excluding hydrogens is 318 g/mol. The Morgan fingerprint density at radius 1 is 1.04 bits per heavy atom. The molecule has 0 radical (unpaired) electrons. The Hall–Kier alpha value is -2.27. The number of para-hydroxylation sites is 2. The van der Waals surface area contributed by atoms with Crippen molar-refractivity contribution in [2.45, 2.75) is 23.2 Å². The molecule has 4 rings (SSSR count). The Morgan fingerprint density at radius 2 is 1.75 bits per heavy atom. The van der Waals surface area contributed by atoms with Crippen LogP contribution in [-0.2, 0) is 4.79 Å². The smallest absolute Gasteiger partial charge is 0.240 e. The molecule has 24 heavy (non-hydrogen) atoms. The average molecular weight is 337 g/mol. The predicted octanol–water partition coefficient (Wildman–Crippen LogP) is 4.02. The van der Waals surface area contributed by atoms with E-state index in [2.05, 4.69) is 9.97 Å². The highest BCUT2D eigenvalue weighted by molar-refractivity contribution is 8.00. The molecule has 1 aliphatic rings. The van der Waals surface area contributed by atoms with Crippen LogP contribution in [0.2, 0.25) is 0 Å². The van der Waals surface area contributed by atoms with E-state index in [1.807, 2.05) is 59.5 Å². The number of hydrogen-bond acceptors (Lipinski definition) is 3. The summed E-state index contributed by atoms with van der Waals surface area (Å²) in [4.78, 5) is 23.0. The van der Waals surface area contributed by atoms with Crippen LogP contribution >= 0.6 is 11.8 Å². The summed E-state index contributed by atoms with van der Waals surface area (Å²) < 4.78 is 0. The van der Waals surface area contributed by atoms with E-state index in [0.29, 0.717) is 0 Å². The fraction of sp³-hybridized carbons (Fsp3) is 0.263. The van der Waals surface area contributed by atoms with E-state index >= 15 is 0 Å². The van der Waals surface area contributed by atoms with Gasteiger partial charge in [-0.3, -0.25) is 4.79 Å². The van der Waals surface area contributed by atoms with E-state index in [1.54, 1.807) is 0 Å². The van der Waals surface area contributed by atoms with Crippen molar-refractivity contribution < 1.29 is 4.79 Å². The number of hydrogen-bond donors (Lipinski definition) is 1. The summed E-state index contributed by atoms with van der Waals surface area (Å²) in [6, 6.07) is 17.9. The molecule has 4 nitrogen and oxygen atoms in total. The standard InChI is InChI=1S/C19H19N3OS/c23-18(22-12-6-7-13-22)17(14-8-2-1-3-9-14)24-19-20-15-10-4-5-11-16(15)21-19/h1-5,8-11,17H,6-7,12-13H2,(H,20,21)/t17-/m0/s1. The lowest BCUT2D eigenvalue weighted by molar-refractivity contribution is -0.129. The number of nitrogens with one attached hydrogen (secondary N) is 1. The van der Waals surface area contributed by atoms with Gasteiger partial charge in [-0.15, -0.1) is 0 Å². The Kier molecular flexibility index (Phi) is 4.26. The summed E-state index contributed by atoms with van der Waals surface area (Å²) in [7, 11) is 0. The molecule has 122 valence electrons. The molecule has 0 saturated carbocycles. The number of likely N-dealkylation sites (tertiary alicyclic amines) is 1. The zero-order chi connectivity index (χ0) is 16.4. The number of rotatable bonds is 4. The SMILES string of the molecule is O=C([C@@H](Sc1nc2ccccc2[nH]1)c1ccccc1)N1CCCC1. The molecule has 3 aromatic rings. The minimum absolute atomic E-state index is 0.184. The van der Waals surface area contributed by atoms with Crippen molar-refractivity contribution in [1.29, 1.82) is 0 Å². The minimum Gasteiger partial charge on any atom is -0.341 e. The van der Waals surface area contributed by atoms with Crippen LogP contribution in [-0.4, -0.2) is 33.9 Å². The second-order valence-corrected chi connectivity index (χ2v) is 7.09. The number of carbonyl (C=O) groups is 1. The molecule has 1 amide bonds. The molecule has 1 atom stereocenters. The maximum Gasteiger partial charge on any atom is 0.240 e. The number of thioether (sulfide) groups is 1. The monoisotopic (exact) mass is 337 g/mol. The van der Waals surface area contributed by atoms with E-state index < -0.39 is 0 Å². The molecule has 0 spiro atoms. The van der Waals surface area contributed by atoms with Crippen molar-refractivity contribution in [3.05, 3.63) is 60.2 Å². The Balaban J connectivity index is 1.65. The molecule has 0 bridgehead atoms. The highest BCUT2D eigenvalue weighted by Gasteiger charge is 2.29. The largest absolute Gasteiger partial charge is 0.341 e. The Morgan fingerprint density at radius 3 is 2.50 bits per heavy atom. The lowest BCUT2D eigenvalue weighted by Gasteiger charge is -2.22. The van der Waals surface area contributed by atoms with Gasteiger partial charge in [0.25, 0.3) is 0 Å². The van der Waals surface area contributed by atoms with Gasteiger partial charge in [0.05, 0.1) is 11.0 Å². The first kappa shape index (κ1) is 15.3. The van der Waals surface area contributed by atoms with Crippen molar-refractivity contribution in [1.82, 2.24) is 14.9 Å². The van der Waals surface area contributed by atoms with Crippen LogP contribution in [0.5, 0.6) is 0 Å². The molecule has 0 unspecified atom stereocenters. The number of imidazole rings is 1. The second kappa shape index (κ2) is 6.69. The van der Waals surface area contributed by atoms with Crippen LogP contribution in [0.4, 0.5) is 0 Å². The van der Waals surface area contributed by atoms with Crippen molar-refractivity contribution in [2.24, 2.45) is 0 Å². The van der Waals surface area contributed by atoms with Gasteiger partial charge < -0.3 is 9.88 Å². The molecule has 0 aliphatic carbocycles. The Labute approximate surface area is 145 Å². The molecule has 2 aromatic carbocycles. The van der Waals surface area contributed by atoms with Gasteiger partial charge in [-0.05, 0) is 30.5 Å². The first-order chi connectivity index (χ1) is 11.8. The predicted molar refractivity (Wildman–Crippen MR) is 96.9 cm³/mol. The highest BCUT2D eigenvalue weighted by Crippen LogP contribution is 2.36. The fourth-order valence-corrected chi connectivity index (χ4v) is 4.18. The Bertz CT molecular complexity index is 807. The topological polar surface area (TPSA) is 49.0 Å². The summed E-state index contributed by atoms with van der Waals surface area (Å²) in [5.74, 6) is 0.184. The van der Waals surface area contributed by atoms with Crippen LogP contribution in [0.15, 0.2) is 59.8 Å². The lowest BCUT2D eigenvalue weighted by Crippen LogP contribution is -2.31. The number of aromatic amines is 1. The van der Waals surface area contributed by atoms with Crippen molar-refractivity contribution in [3.8, 4) is 0 Å². The van der Waals surface area contributed by atoms with Crippen LogP contribution < -0.4 is 0 Å². The van der Waals surface area contributed by atoms with Gasteiger partial charge >= 0.3 is 0 Å². The van der Waals surface area contributed by atoms with Gasteiger partial charge in [0.15, 0.2) is 5.16 Å². The summed E-state index contributed by atoms with van der Waals surface area (Å²) in [6.45, 7) is 1.73. The number of H-pyrrole nitrogens is 1. The lowest BCUT2D eigenvalue weighted by atomic mass is 10.1. The fourth-order valence-electron chi connectivity index (χ4n) is 3.09. The number of aromatic nitrogens is 2. The molecule has 1 saturated heterocycles. The molecule has 1 aromatic heterocycles. The molecule has 1 fully saturated rings. The van der Waals surface area contributed by atoms with Crippen LogP contribution in [0.1, 0.15) is 23.7 Å². The van der Waals surface area contributed by atoms with Crippen LogP contribution in [0.25, 0.3) is 11.0 Å². The number of benzene rings is 2. The van der Waals surface area contributed by atoms with E-state index in [1.165, 1.54) is 11.8 Å². The summed E-state index contributed by atoms with van der Waals surface area (Å²) in [6.07, 6.45) is 2.20. The zero-order valence-corrected chi connectivity index (χ0v) is 14.1. The first-order valence-corrected chi connectivity index (χ1v) is 9.14. The minimum atomic E-state index is -0.259. The van der Waals surface area contributed by atoms with Crippen molar-refractivity contribution >= 4 is 28.7 Å². The molecule has 1 N–H and O–H groups in total. The third kappa shape index (κ3) is 3.04. The van der Waals surface area contributed by atoms with E-state index in [-0.39, 0.29) is 11.2 Å². The van der Waals surface area contributed by atoms with E-state index in [9.17, 15) is 4.79 Å². The van der Waals surface area contributed by atoms with Crippen LogP contribution in [0, 0.1) is 0 Å². The van der Waals surface area contributed by atoms with E-state index in [0.717, 1.165) is 47.7 Å². The van der Waals surface area contributed by atoms with Crippen molar-refractivity contribution in [3.63, 3.8) is 0 Å². The third-order valence-electron chi connectivity index (χ3n) is 4.34. The van der Waals surface area contributed by atoms with Gasteiger partial charge in [-0.2, -0.15) is 0 Å². The maximum absolute atomic E-state index is 13.0. The average Bonchev–Trinajstić information content (AvgIpc) is 3.29. The first-order valence-electron chi connectivity index (χ1n) is 8.26. The van der Waals surface area contributed by atoms with Gasteiger partial charge in [-0.1, -0.05) is 54.2 Å². The maximum atomic E-state index is 13.0. The summed E-state index contributed by atoms with van der Waals surface area (Å²) in [5.41, 5.74) is 2.96. The summed E-state index contributed by atoms with van der Waals surface area (Å²) >= 11 is 1.50. The highest BCUT2D eigenvalue weighted by atomic mass is 32.2. The van der Waals surface area contributed by atoms with Gasteiger partial charge in [0.2, 0.25) is 5.91 Å². The van der Waals surface area contributed by atoms with Crippen molar-refractivity contribution in [2.75, 3.05) is 13.1 Å².